The van der Waals surface area contributed by atoms with Crippen LogP contribution in [0.15, 0.2) is 21.3 Å². The molecular weight excluding hydrogens is 504 g/mol. The number of halogens is 2. The summed E-state index contributed by atoms with van der Waals surface area (Å²) in [4.78, 5) is 16.7. The van der Waals surface area contributed by atoms with E-state index in [-0.39, 0.29) is 57.9 Å². The smallest absolute Gasteiger partial charge is 0.349 e. The summed E-state index contributed by atoms with van der Waals surface area (Å²) in [6, 6.07) is 2.26. The highest BCUT2D eigenvalue weighted by Gasteiger charge is 2.65. The molecule has 1 aromatic carbocycles. The number of benzene rings is 1. The minimum atomic E-state index is -1.24. The molecule has 1 unspecified atom stereocenters. The number of hydrogen-bond donors (Lipinski definition) is 3. The highest BCUT2D eigenvalue weighted by Crippen LogP contribution is 2.68. The van der Waals surface area contributed by atoms with Crippen LogP contribution < -0.4 is 5.63 Å². The number of hydrogen-bond acceptors (Lipinski definition) is 6. The van der Waals surface area contributed by atoms with Gasteiger partial charge in [0.15, 0.2) is 17.5 Å². The Bertz CT molecular complexity index is 1320. The molecular formula is C31H41F2NO5. The van der Waals surface area contributed by atoms with Crippen LogP contribution in [0.3, 0.4) is 0 Å². The van der Waals surface area contributed by atoms with Crippen molar-refractivity contribution in [1.29, 1.82) is 0 Å². The van der Waals surface area contributed by atoms with Gasteiger partial charge in [0, 0.05) is 6.42 Å². The van der Waals surface area contributed by atoms with Gasteiger partial charge in [-0.05, 0) is 110 Å². The molecule has 1 heterocycles. The molecule has 0 radical (unpaired) electrons. The predicted octanol–water partition coefficient (Wildman–Crippen LogP) is 5.00. The summed E-state index contributed by atoms with van der Waals surface area (Å²) in [6.07, 6.45) is 5.74. The molecule has 0 amide bonds. The molecule has 4 saturated carbocycles. The summed E-state index contributed by atoms with van der Waals surface area (Å²) in [7, 11) is 0. The second-order valence-corrected chi connectivity index (χ2v) is 13.7. The van der Waals surface area contributed by atoms with Gasteiger partial charge in [0.25, 0.3) is 0 Å². The third-order valence-electron chi connectivity index (χ3n) is 12.1. The normalized spacial score (nSPS) is 42.6. The van der Waals surface area contributed by atoms with E-state index in [4.69, 9.17) is 4.42 Å². The first-order valence-electron chi connectivity index (χ1n) is 14.8. The Labute approximate surface area is 227 Å². The van der Waals surface area contributed by atoms with Crippen molar-refractivity contribution >= 4 is 10.9 Å². The molecule has 2 aromatic rings. The summed E-state index contributed by atoms with van der Waals surface area (Å²) in [5, 5.41) is 33.1. The molecule has 214 valence electrons. The molecule has 6 nitrogen and oxygen atoms in total. The van der Waals surface area contributed by atoms with Crippen LogP contribution in [0.1, 0.15) is 78.0 Å². The second kappa shape index (κ2) is 9.59. The van der Waals surface area contributed by atoms with Crippen LogP contribution in [0.2, 0.25) is 0 Å². The number of aliphatic hydroxyl groups is 3. The lowest BCUT2D eigenvalue weighted by molar-refractivity contribution is -0.207. The van der Waals surface area contributed by atoms with Gasteiger partial charge in [0.05, 0.1) is 23.8 Å². The van der Waals surface area contributed by atoms with Gasteiger partial charge in [0.2, 0.25) is 0 Å². The average Bonchev–Trinajstić information content (AvgIpc) is 3.25. The van der Waals surface area contributed by atoms with E-state index >= 15 is 0 Å². The summed E-state index contributed by atoms with van der Waals surface area (Å²) in [6.45, 7) is 6.72. The quantitative estimate of drug-likeness (QED) is 0.500. The van der Waals surface area contributed by atoms with Crippen LogP contribution in [0.4, 0.5) is 8.78 Å². The Balaban J connectivity index is 1.21. The minimum Gasteiger partial charge on any atom is -0.408 e. The minimum absolute atomic E-state index is 0.0385. The maximum absolute atomic E-state index is 14.1. The van der Waals surface area contributed by atoms with Crippen LogP contribution in [0, 0.1) is 58.0 Å². The van der Waals surface area contributed by atoms with E-state index in [9.17, 15) is 28.9 Å². The Morgan fingerprint density at radius 2 is 1.85 bits per heavy atom. The first-order chi connectivity index (χ1) is 18.4. The first kappa shape index (κ1) is 27.3. The third kappa shape index (κ3) is 4.11. The van der Waals surface area contributed by atoms with Crippen molar-refractivity contribution in [1.82, 2.24) is 4.98 Å². The van der Waals surface area contributed by atoms with E-state index < -0.39 is 34.9 Å². The highest BCUT2D eigenvalue weighted by molar-refractivity contribution is 5.77. The highest BCUT2D eigenvalue weighted by atomic mass is 19.2. The molecule has 0 spiro atoms. The van der Waals surface area contributed by atoms with Crippen molar-refractivity contribution in [2.45, 2.75) is 96.9 Å². The van der Waals surface area contributed by atoms with Crippen molar-refractivity contribution < 1.29 is 28.5 Å². The standard InChI is InChI=1S/C31H41F2NO5/c1-15(4-9-25-34-22-8-7-21(32)28(33)27(22)29(38)39-25)18-5-6-19-26-20(14-24(37)31(18,19)3)30(2)11-10-17(35)12-16(30)13-23(26)36/h7-8,15-20,23-24,26,35-37H,4-6,9-14H2,1-3H3/t15-,16+,17-,18-,19+,20?,23-,24+,26+,30+,31-/m1/s1. The zero-order chi connectivity index (χ0) is 27.9. The molecule has 1 aromatic heterocycles. The van der Waals surface area contributed by atoms with Gasteiger partial charge in [-0.3, -0.25) is 0 Å². The maximum Gasteiger partial charge on any atom is 0.349 e. The molecule has 4 aliphatic rings. The zero-order valence-electron chi connectivity index (χ0n) is 23.1. The van der Waals surface area contributed by atoms with Crippen molar-refractivity contribution in [3.63, 3.8) is 0 Å². The Kier molecular flexibility index (Phi) is 6.71. The number of fused-ring (bicyclic) bond motifs is 6. The van der Waals surface area contributed by atoms with E-state index in [0.29, 0.717) is 25.2 Å². The second-order valence-electron chi connectivity index (χ2n) is 13.7. The fraction of sp³-hybridized carbons (Fsp3) is 0.742. The number of aryl methyl sites for hydroxylation is 1. The Morgan fingerprint density at radius 3 is 2.62 bits per heavy atom. The van der Waals surface area contributed by atoms with Gasteiger partial charge in [-0.2, -0.15) is 0 Å². The fourth-order valence-electron chi connectivity index (χ4n) is 9.93. The lowest BCUT2D eigenvalue weighted by atomic mass is 9.43. The van der Waals surface area contributed by atoms with Crippen LogP contribution in [0.25, 0.3) is 10.9 Å². The Morgan fingerprint density at radius 1 is 1.08 bits per heavy atom. The van der Waals surface area contributed by atoms with E-state index in [0.717, 1.165) is 44.6 Å². The van der Waals surface area contributed by atoms with Gasteiger partial charge in [-0.1, -0.05) is 20.8 Å². The molecule has 0 aliphatic heterocycles. The number of aliphatic hydroxyl groups excluding tert-OH is 3. The first-order valence-corrected chi connectivity index (χ1v) is 14.8. The molecule has 3 N–H and O–H groups in total. The van der Waals surface area contributed by atoms with Crippen molar-refractivity contribution in [3.05, 3.63) is 40.1 Å². The largest absolute Gasteiger partial charge is 0.408 e. The molecule has 4 fully saturated rings. The third-order valence-corrected chi connectivity index (χ3v) is 12.1. The molecule has 11 atom stereocenters. The SMILES string of the molecule is C[C@H](CCc1nc2ccc(F)c(F)c2c(=O)o1)[C@H]1CC[C@H]2[C@H]3C(C[C@H](O)[C@]12C)[C@@]1(C)CC[C@@H](O)C[C@H]1C[C@H]3O. The van der Waals surface area contributed by atoms with Crippen LogP contribution >= 0.6 is 0 Å². The van der Waals surface area contributed by atoms with Crippen LogP contribution in [0.5, 0.6) is 0 Å². The van der Waals surface area contributed by atoms with Crippen molar-refractivity contribution in [2.24, 2.45) is 46.3 Å². The van der Waals surface area contributed by atoms with Crippen LogP contribution in [-0.4, -0.2) is 38.6 Å². The monoisotopic (exact) mass is 545 g/mol. The maximum atomic E-state index is 14.1. The van der Waals surface area contributed by atoms with Gasteiger partial charge in [-0.25, -0.2) is 18.6 Å². The Hall–Kier alpha value is -1.90. The van der Waals surface area contributed by atoms with Crippen molar-refractivity contribution in [2.75, 3.05) is 0 Å². The van der Waals surface area contributed by atoms with Crippen molar-refractivity contribution in [3.8, 4) is 0 Å². The molecule has 4 aliphatic carbocycles. The lowest BCUT2D eigenvalue weighted by Crippen LogP contribution is -2.62. The topological polar surface area (TPSA) is 104 Å². The van der Waals surface area contributed by atoms with Gasteiger partial charge >= 0.3 is 5.63 Å². The van der Waals surface area contributed by atoms with Gasteiger partial charge in [-0.15, -0.1) is 0 Å². The van der Waals surface area contributed by atoms with Gasteiger partial charge < -0.3 is 19.7 Å². The number of nitrogens with zero attached hydrogens (tertiary/aromatic N) is 1. The predicted molar refractivity (Wildman–Crippen MR) is 142 cm³/mol. The van der Waals surface area contributed by atoms with E-state index in [1.54, 1.807) is 0 Å². The lowest BCUT2D eigenvalue weighted by Gasteiger charge is -2.63. The summed E-state index contributed by atoms with van der Waals surface area (Å²) >= 11 is 0. The number of aromatic nitrogens is 1. The molecule has 8 heteroatoms. The number of rotatable bonds is 4. The molecule has 0 saturated heterocycles. The van der Waals surface area contributed by atoms with E-state index in [1.807, 2.05) is 0 Å². The van der Waals surface area contributed by atoms with Gasteiger partial charge in [0.1, 0.15) is 5.39 Å². The molecule has 6 rings (SSSR count). The average molecular weight is 546 g/mol. The fourth-order valence-corrected chi connectivity index (χ4v) is 9.93. The van der Waals surface area contributed by atoms with E-state index in [1.165, 1.54) is 6.07 Å². The zero-order valence-corrected chi connectivity index (χ0v) is 23.1. The molecule has 0 bridgehead atoms. The molecule has 39 heavy (non-hydrogen) atoms. The summed E-state index contributed by atoms with van der Waals surface area (Å²) < 4.78 is 32.9. The van der Waals surface area contributed by atoms with E-state index in [2.05, 4.69) is 25.8 Å². The summed E-state index contributed by atoms with van der Waals surface area (Å²) in [5.41, 5.74) is -1.12. The summed E-state index contributed by atoms with van der Waals surface area (Å²) in [5.74, 6) is -0.773. The van der Waals surface area contributed by atoms with Crippen LogP contribution in [-0.2, 0) is 6.42 Å².